The van der Waals surface area contributed by atoms with Crippen molar-refractivity contribution < 1.29 is 9.53 Å². The second-order valence-electron chi connectivity index (χ2n) is 3.49. The zero-order valence-electron chi connectivity index (χ0n) is 8.66. The number of nitrogens with two attached hydrogens (primary N) is 1. The standard InChI is InChI=1S/C9H19N3O2/c1-8-7-14-6-5-12(8)9(13)11-4-2-3-10/h8H,2-7,10H2,1H3,(H,11,13). The molecule has 1 saturated heterocycles. The number of nitrogens with one attached hydrogen (secondary N) is 1. The van der Waals surface area contributed by atoms with E-state index < -0.39 is 0 Å². The van der Waals surface area contributed by atoms with Crippen LogP contribution in [0.15, 0.2) is 0 Å². The Kier molecular flexibility index (Phi) is 4.69. The molecule has 1 aliphatic rings. The Balaban J connectivity index is 2.27. The first-order valence-corrected chi connectivity index (χ1v) is 5.08. The van der Waals surface area contributed by atoms with Crippen LogP contribution in [0.4, 0.5) is 4.79 Å². The van der Waals surface area contributed by atoms with Gasteiger partial charge in [-0.1, -0.05) is 0 Å². The molecule has 5 nitrogen and oxygen atoms in total. The van der Waals surface area contributed by atoms with Gasteiger partial charge in [0.05, 0.1) is 19.3 Å². The Morgan fingerprint density at radius 1 is 1.71 bits per heavy atom. The number of hydrogen-bond acceptors (Lipinski definition) is 3. The third-order valence-corrected chi connectivity index (χ3v) is 2.29. The summed E-state index contributed by atoms with van der Waals surface area (Å²) in [6, 6.07) is 0.163. The van der Waals surface area contributed by atoms with Crippen molar-refractivity contribution in [2.75, 3.05) is 32.8 Å². The van der Waals surface area contributed by atoms with Crippen LogP contribution in [0.3, 0.4) is 0 Å². The number of urea groups is 1. The van der Waals surface area contributed by atoms with Gasteiger partial charge in [-0.2, -0.15) is 0 Å². The van der Waals surface area contributed by atoms with Gasteiger partial charge < -0.3 is 20.7 Å². The number of amides is 2. The molecule has 5 heteroatoms. The summed E-state index contributed by atoms with van der Waals surface area (Å²) in [6.45, 7) is 5.19. The topological polar surface area (TPSA) is 67.6 Å². The maximum atomic E-state index is 11.6. The highest BCUT2D eigenvalue weighted by Gasteiger charge is 2.22. The molecule has 2 amide bonds. The summed E-state index contributed by atoms with van der Waals surface area (Å²) >= 11 is 0. The molecule has 1 rings (SSSR count). The first-order chi connectivity index (χ1) is 6.75. The molecule has 0 aliphatic carbocycles. The maximum absolute atomic E-state index is 11.6. The lowest BCUT2D eigenvalue weighted by Gasteiger charge is -2.33. The number of carbonyl (C=O) groups is 1. The lowest BCUT2D eigenvalue weighted by molar-refractivity contribution is 0.0191. The molecule has 0 radical (unpaired) electrons. The number of ether oxygens (including phenoxy) is 1. The van der Waals surface area contributed by atoms with E-state index in [1.807, 2.05) is 6.92 Å². The van der Waals surface area contributed by atoms with Gasteiger partial charge in [-0.15, -0.1) is 0 Å². The van der Waals surface area contributed by atoms with Crippen molar-refractivity contribution in [3.63, 3.8) is 0 Å². The Morgan fingerprint density at radius 3 is 3.14 bits per heavy atom. The quantitative estimate of drug-likeness (QED) is 0.620. The van der Waals surface area contributed by atoms with Crippen LogP contribution in [0.5, 0.6) is 0 Å². The Morgan fingerprint density at radius 2 is 2.50 bits per heavy atom. The number of carbonyl (C=O) groups excluding carboxylic acids is 1. The van der Waals surface area contributed by atoms with E-state index in [1.54, 1.807) is 4.90 Å². The van der Waals surface area contributed by atoms with Crippen LogP contribution in [0, 0.1) is 0 Å². The summed E-state index contributed by atoms with van der Waals surface area (Å²) in [5, 5.41) is 2.84. The van der Waals surface area contributed by atoms with Crippen molar-refractivity contribution >= 4 is 6.03 Å². The largest absolute Gasteiger partial charge is 0.377 e. The molecule has 3 N–H and O–H groups in total. The molecule has 0 aromatic rings. The molecule has 82 valence electrons. The Bertz CT molecular complexity index is 187. The van der Waals surface area contributed by atoms with E-state index in [-0.39, 0.29) is 12.1 Å². The second kappa shape index (κ2) is 5.82. The molecule has 1 unspecified atom stereocenters. The Hall–Kier alpha value is -0.810. The van der Waals surface area contributed by atoms with Gasteiger partial charge in [0.15, 0.2) is 0 Å². The normalized spacial score (nSPS) is 22.1. The summed E-state index contributed by atoms with van der Waals surface area (Å²) in [5.41, 5.74) is 5.34. The minimum absolute atomic E-state index is 0.00532. The molecule has 14 heavy (non-hydrogen) atoms. The summed E-state index contributed by atoms with van der Waals surface area (Å²) in [6.07, 6.45) is 0.824. The predicted octanol–water partition coefficient (Wildman–Crippen LogP) is -0.234. The lowest BCUT2D eigenvalue weighted by atomic mass is 10.3. The number of hydrogen-bond donors (Lipinski definition) is 2. The monoisotopic (exact) mass is 201 g/mol. The first kappa shape index (κ1) is 11.3. The molecule has 0 aromatic carbocycles. The van der Waals surface area contributed by atoms with Crippen LogP contribution in [0.1, 0.15) is 13.3 Å². The molecule has 0 spiro atoms. The van der Waals surface area contributed by atoms with Gasteiger partial charge in [-0.25, -0.2) is 4.79 Å². The van der Waals surface area contributed by atoms with Crippen LogP contribution in [-0.4, -0.2) is 49.8 Å². The predicted molar refractivity (Wildman–Crippen MR) is 54.1 cm³/mol. The third kappa shape index (κ3) is 3.16. The van der Waals surface area contributed by atoms with Gasteiger partial charge >= 0.3 is 6.03 Å². The minimum Gasteiger partial charge on any atom is -0.377 e. The van der Waals surface area contributed by atoms with Gasteiger partial charge in [-0.05, 0) is 19.9 Å². The average Bonchev–Trinajstić information content (AvgIpc) is 2.18. The smallest absolute Gasteiger partial charge is 0.317 e. The van der Waals surface area contributed by atoms with Gasteiger partial charge in [0, 0.05) is 13.1 Å². The molecule has 1 fully saturated rings. The number of nitrogens with zero attached hydrogens (tertiary/aromatic N) is 1. The fraction of sp³-hybridized carbons (Fsp3) is 0.889. The molecule has 1 atom stereocenters. The zero-order chi connectivity index (χ0) is 10.4. The zero-order valence-corrected chi connectivity index (χ0v) is 8.66. The highest BCUT2D eigenvalue weighted by atomic mass is 16.5. The highest BCUT2D eigenvalue weighted by Crippen LogP contribution is 2.05. The third-order valence-electron chi connectivity index (χ3n) is 2.29. The Labute approximate surface area is 84.6 Å². The minimum atomic E-state index is -0.00532. The summed E-state index contributed by atoms with van der Waals surface area (Å²) in [4.78, 5) is 13.4. The SMILES string of the molecule is CC1COCCN1C(=O)NCCCN. The maximum Gasteiger partial charge on any atom is 0.317 e. The van der Waals surface area contributed by atoms with Crippen LogP contribution in [0.25, 0.3) is 0 Å². The van der Waals surface area contributed by atoms with Gasteiger partial charge in [-0.3, -0.25) is 0 Å². The van der Waals surface area contributed by atoms with Crippen LogP contribution >= 0.6 is 0 Å². The molecular weight excluding hydrogens is 182 g/mol. The van der Waals surface area contributed by atoms with E-state index in [2.05, 4.69) is 5.32 Å². The van der Waals surface area contributed by atoms with Crippen molar-refractivity contribution in [2.45, 2.75) is 19.4 Å². The average molecular weight is 201 g/mol. The van der Waals surface area contributed by atoms with E-state index in [0.29, 0.717) is 32.8 Å². The van der Waals surface area contributed by atoms with Crippen LogP contribution < -0.4 is 11.1 Å². The first-order valence-electron chi connectivity index (χ1n) is 5.08. The molecule has 1 aliphatic heterocycles. The number of morpholine rings is 1. The van der Waals surface area contributed by atoms with Crippen molar-refractivity contribution in [1.29, 1.82) is 0 Å². The van der Waals surface area contributed by atoms with E-state index in [1.165, 1.54) is 0 Å². The number of rotatable bonds is 3. The van der Waals surface area contributed by atoms with E-state index >= 15 is 0 Å². The van der Waals surface area contributed by atoms with E-state index in [9.17, 15) is 4.79 Å². The molecular formula is C9H19N3O2. The fourth-order valence-corrected chi connectivity index (χ4v) is 1.43. The summed E-state index contributed by atoms with van der Waals surface area (Å²) < 4.78 is 5.25. The van der Waals surface area contributed by atoms with E-state index in [4.69, 9.17) is 10.5 Å². The highest BCUT2D eigenvalue weighted by molar-refractivity contribution is 5.74. The lowest BCUT2D eigenvalue weighted by Crippen LogP contribution is -2.51. The van der Waals surface area contributed by atoms with Crippen LogP contribution in [-0.2, 0) is 4.74 Å². The van der Waals surface area contributed by atoms with Gasteiger partial charge in [0.2, 0.25) is 0 Å². The molecule has 1 heterocycles. The van der Waals surface area contributed by atoms with Crippen LogP contribution in [0.2, 0.25) is 0 Å². The van der Waals surface area contributed by atoms with E-state index in [0.717, 1.165) is 6.42 Å². The van der Waals surface area contributed by atoms with Crippen molar-refractivity contribution in [3.8, 4) is 0 Å². The van der Waals surface area contributed by atoms with Crippen molar-refractivity contribution in [3.05, 3.63) is 0 Å². The molecule has 0 aromatic heterocycles. The fourth-order valence-electron chi connectivity index (χ4n) is 1.43. The van der Waals surface area contributed by atoms with Gasteiger partial charge in [0.1, 0.15) is 0 Å². The molecule has 0 bridgehead atoms. The van der Waals surface area contributed by atoms with Crippen molar-refractivity contribution in [1.82, 2.24) is 10.2 Å². The second-order valence-corrected chi connectivity index (χ2v) is 3.49. The summed E-state index contributed by atoms with van der Waals surface area (Å²) in [5.74, 6) is 0. The van der Waals surface area contributed by atoms with Gasteiger partial charge in [0.25, 0.3) is 0 Å². The van der Waals surface area contributed by atoms with Crippen molar-refractivity contribution in [2.24, 2.45) is 5.73 Å². The molecule has 0 saturated carbocycles. The summed E-state index contributed by atoms with van der Waals surface area (Å²) in [7, 11) is 0.